The van der Waals surface area contributed by atoms with Crippen molar-refractivity contribution in [1.29, 1.82) is 0 Å². The number of piperidine rings is 1. The summed E-state index contributed by atoms with van der Waals surface area (Å²) >= 11 is 0. The smallest absolute Gasteiger partial charge is 0.321 e. The first-order valence-corrected chi connectivity index (χ1v) is 8.57. The van der Waals surface area contributed by atoms with Gasteiger partial charge in [-0.1, -0.05) is 24.1 Å². The molecule has 0 saturated carbocycles. The fourth-order valence-electron chi connectivity index (χ4n) is 4.56. The first kappa shape index (κ1) is 14.1. The summed E-state index contributed by atoms with van der Waals surface area (Å²) in [6, 6.07) is 8.83. The molecule has 0 aliphatic carbocycles. The third kappa shape index (κ3) is 2.50. The monoisotopic (exact) mass is 299 g/mol. The Kier molecular flexibility index (Phi) is 3.57. The molecule has 3 saturated heterocycles. The molecule has 4 heteroatoms. The maximum atomic E-state index is 12.5. The molecule has 3 heterocycles. The van der Waals surface area contributed by atoms with E-state index in [9.17, 15) is 4.79 Å². The molecule has 3 unspecified atom stereocenters. The van der Waals surface area contributed by atoms with Crippen LogP contribution in [0.1, 0.15) is 24.8 Å². The van der Waals surface area contributed by atoms with Gasteiger partial charge in [0.2, 0.25) is 0 Å². The van der Waals surface area contributed by atoms with Gasteiger partial charge >= 0.3 is 6.03 Å². The first-order valence-electron chi connectivity index (χ1n) is 8.57. The largest absolute Gasteiger partial charge is 0.324 e. The number of rotatable bonds is 1. The Morgan fingerprint density at radius 3 is 2.77 bits per heavy atom. The second kappa shape index (κ2) is 5.58. The van der Waals surface area contributed by atoms with Crippen molar-refractivity contribution in [2.24, 2.45) is 11.8 Å². The van der Waals surface area contributed by atoms with E-state index in [4.69, 9.17) is 0 Å². The van der Waals surface area contributed by atoms with Crippen molar-refractivity contribution >= 4 is 11.7 Å². The normalized spacial score (nSPS) is 31.0. The van der Waals surface area contributed by atoms with Gasteiger partial charge in [-0.3, -0.25) is 4.90 Å². The molecule has 0 aromatic heterocycles. The summed E-state index contributed by atoms with van der Waals surface area (Å²) in [5.74, 6) is 1.39. The molecule has 1 aromatic rings. The van der Waals surface area contributed by atoms with Crippen molar-refractivity contribution in [3.8, 4) is 0 Å². The van der Waals surface area contributed by atoms with Crippen molar-refractivity contribution in [1.82, 2.24) is 9.80 Å². The maximum absolute atomic E-state index is 12.5. The van der Waals surface area contributed by atoms with Crippen LogP contribution in [0.4, 0.5) is 10.5 Å². The number of nitrogens with one attached hydrogen (secondary N) is 1. The molecule has 0 spiro atoms. The summed E-state index contributed by atoms with van der Waals surface area (Å²) in [4.78, 5) is 17.2. The minimum Gasteiger partial charge on any atom is -0.324 e. The number of hydrogen-bond acceptors (Lipinski definition) is 2. The molecule has 3 fully saturated rings. The van der Waals surface area contributed by atoms with Crippen LogP contribution in [0.3, 0.4) is 0 Å². The van der Waals surface area contributed by atoms with Crippen LogP contribution in [0.2, 0.25) is 0 Å². The molecule has 0 bridgehead atoms. The number of carbonyl (C=O) groups excluding carboxylic acids is 1. The average Bonchev–Trinajstić information content (AvgIpc) is 3.07. The van der Waals surface area contributed by atoms with E-state index in [2.05, 4.69) is 17.1 Å². The first-order chi connectivity index (χ1) is 10.7. The van der Waals surface area contributed by atoms with Gasteiger partial charge in [0.15, 0.2) is 0 Å². The molecule has 3 atom stereocenters. The third-order valence-corrected chi connectivity index (χ3v) is 5.71. The highest BCUT2D eigenvalue weighted by Gasteiger charge is 2.48. The minimum atomic E-state index is 0.0700. The van der Waals surface area contributed by atoms with E-state index in [1.165, 1.54) is 37.9 Å². The van der Waals surface area contributed by atoms with E-state index in [1.807, 2.05) is 29.2 Å². The summed E-state index contributed by atoms with van der Waals surface area (Å²) < 4.78 is 0. The van der Waals surface area contributed by atoms with Crippen molar-refractivity contribution < 1.29 is 4.79 Å². The number of fused-ring (bicyclic) bond motifs is 3. The van der Waals surface area contributed by atoms with Gasteiger partial charge in [0.05, 0.1) is 0 Å². The number of benzene rings is 1. The van der Waals surface area contributed by atoms with E-state index in [0.717, 1.165) is 24.8 Å². The zero-order chi connectivity index (χ0) is 15.1. The lowest BCUT2D eigenvalue weighted by Crippen LogP contribution is -2.41. The van der Waals surface area contributed by atoms with E-state index in [1.54, 1.807) is 0 Å². The molecule has 0 radical (unpaired) electrons. The summed E-state index contributed by atoms with van der Waals surface area (Å²) in [7, 11) is 0. The van der Waals surface area contributed by atoms with E-state index >= 15 is 0 Å². The van der Waals surface area contributed by atoms with Crippen LogP contribution in [0.5, 0.6) is 0 Å². The molecule has 2 amide bonds. The summed E-state index contributed by atoms with van der Waals surface area (Å²) in [6.07, 6.45) is 4.04. The Labute approximate surface area is 132 Å². The van der Waals surface area contributed by atoms with Gasteiger partial charge in [-0.25, -0.2) is 4.79 Å². The summed E-state index contributed by atoms with van der Waals surface area (Å²) in [6.45, 7) is 6.39. The van der Waals surface area contributed by atoms with E-state index < -0.39 is 0 Å². The highest BCUT2D eigenvalue weighted by atomic mass is 16.2. The molecule has 1 aromatic carbocycles. The van der Waals surface area contributed by atoms with Crippen LogP contribution in [-0.4, -0.2) is 48.1 Å². The van der Waals surface area contributed by atoms with E-state index in [-0.39, 0.29) is 6.03 Å². The Morgan fingerprint density at radius 2 is 1.95 bits per heavy atom. The standard InChI is InChI=1S/C18H25N3O/c1-13-5-7-15(8-6-13)19-18(22)21-11-14-10-20-9-3-2-4-17(20)16(14)12-21/h5-8,14,16-17H,2-4,9-12H2,1H3,(H,19,22). The number of aryl methyl sites for hydroxylation is 1. The Hall–Kier alpha value is -1.55. The van der Waals surface area contributed by atoms with Crippen LogP contribution in [0.15, 0.2) is 24.3 Å². The SMILES string of the molecule is Cc1ccc(NC(=O)N2CC3CN4CCCCC4C3C2)cc1. The second-order valence-electron chi connectivity index (χ2n) is 7.18. The molecule has 3 aliphatic rings. The number of urea groups is 1. The number of likely N-dealkylation sites (tertiary alicyclic amines) is 1. The number of carbonyl (C=O) groups is 1. The highest BCUT2D eigenvalue weighted by molar-refractivity contribution is 5.89. The van der Waals surface area contributed by atoms with Gasteiger partial charge in [0.25, 0.3) is 0 Å². The van der Waals surface area contributed by atoms with Gasteiger partial charge in [-0.2, -0.15) is 0 Å². The molecule has 4 rings (SSSR count). The zero-order valence-corrected chi connectivity index (χ0v) is 13.3. The van der Waals surface area contributed by atoms with Gasteiger partial charge < -0.3 is 10.2 Å². The van der Waals surface area contributed by atoms with Gasteiger partial charge in [0, 0.05) is 31.4 Å². The second-order valence-corrected chi connectivity index (χ2v) is 7.18. The molecule has 3 aliphatic heterocycles. The van der Waals surface area contributed by atoms with E-state index in [0.29, 0.717) is 11.8 Å². The van der Waals surface area contributed by atoms with Gasteiger partial charge in [-0.05, 0) is 50.3 Å². The van der Waals surface area contributed by atoms with Crippen molar-refractivity contribution in [3.05, 3.63) is 29.8 Å². The van der Waals surface area contributed by atoms with Crippen LogP contribution in [0, 0.1) is 18.8 Å². The van der Waals surface area contributed by atoms with Crippen molar-refractivity contribution in [2.75, 3.05) is 31.5 Å². The molecular formula is C18H25N3O. The Morgan fingerprint density at radius 1 is 1.14 bits per heavy atom. The van der Waals surface area contributed by atoms with Crippen LogP contribution < -0.4 is 5.32 Å². The average molecular weight is 299 g/mol. The molecular weight excluding hydrogens is 274 g/mol. The van der Waals surface area contributed by atoms with Crippen LogP contribution in [0.25, 0.3) is 0 Å². The summed E-state index contributed by atoms with van der Waals surface area (Å²) in [5.41, 5.74) is 2.11. The maximum Gasteiger partial charge on any atom is 0.321 e. The number of nitrogens with zero attached hydrogens (tertiary/aromatic N) is 2. The lowest BCUT2D eigenvalue weighted by Gasteiger charge is -2.33. The predicted molar refractivity (Wildman–Crippen MR) is 88.0 cm³/mol. The molecule has 118 valence electrons. The van der Waals surface area contributed by atoms with Gasteiger partial charge in [0.1, 0.15) is 0 Å². The minimum absolute atomic E-state index is 0.0700. The third-order valence-electron chi connectivity index (χ3n) is 5.71. The predicted octanol–water partition coefficient (Wildman–Crippen LogP) is 2.94. The zero-order valence-electron chi connectivity index (χ0n) is 13.3. The topological polar surface area (TPSA) is 35.6 Å². The Balaban J connectivity index is 1.39. The molecule has 1 N–H and O–H groups in total. The summed E-state index contributed by atoms with van der Waals surface area (Å²) in [5, 5.41) is 3.05. The molecule has 22 heavy (non-hydrogen) atoms. The number of hydrogen-bond donors (Lipinski definition) is 1. The van der Waals surface area contributed by atoms with Crippen LogP contribution in [-0.2, 0) is 0 Å². The molecule has 4 nitrogen and oxygen atoms in total. The van der Waals surface area contributed by atoms with Gasteiger partial charge in [-0.15, -0.1) is 0 Å². The van der Waals surface area contributed by atoms with Crippen LogP contribution >= 0.6 is 0 Å². The van der Waals surface area contributed by atoms with Crippen molar-refractivity contribution in [3.63, 3.8) is 0 Å². The quantitative estimate of drug-likeness (QED) is 0.865. The lowest BCUT2D eigenvalue weighted by atomic mass is 9.90. The van der Waals surface area contributed by atoms with Crippen molar-refractivity contribution in [2.45, 2.75) is 32.2 Å². The fourth-order valence-corrected chi connectivity index (χ4v) is 4.56. The highest BCUT2D eigenvalue weighted by Crippen LogP contribution is 2.40. The number of amides is 2. The Bertz CT molecular complexity index is 556. The fraction of sp³-hybridized carbons (Fsp3) is 0.611. The lowest BCUT2D eigenvalue weighted by molar-refractivity contribution is 0.157. The number of anilines is 1.